The Labute approximate surface area is 129 Å². The van der Waals surface area contributed by atoms with Crippen molar-refractivity contribution in [2.24, 2.45) is 0 Å². The third-order valence-corrected chi connectivity index (χ3v) is 4.77. The van der Waals surface area contributed by atoms with Crippen LogP contribution in [0.3, 0.4) is 0 Å². The molecule has 0 saturated heterocycles. The Morgan fingerprint density at radius 3 is 2.60 bits per heavy atom. The number of thiol groups is 1. The minimum absolute atomic E-state index is 0.114. The highest BCUT2D eigenvalue weighted by Gasteiger charge is 2.36. The summed E-state index contributed by atoms with van der Waals surface area (Å²) >= 11 is 10.4. The molecule has 104 valence electrons. The fourth-order valence-corrected chi connectivity index (χ4v) is 3.33. The summed E-state index contributed by atoms with van der Waals surface area (Å²) in [6.07, 6.45) is 6.18. The van der Waals surface area contributed by atoms with Gasteiger partial charge in [-0.25, -0.2) is 0 Å². The average Bonchev–Trinajstić information content (AvgIpc) is 2.75. The Kier molecular flexibility index (Phi) is 3.65. The van der Waals surface area contributed by atoms with Crippen molar-refractivity contribution >= 4 is 35.8 Å². The zero-order chi connectivity index (χ0) is 14.3. The molecule has 0 radical (unpaired) electrons. The summed E-state index contributed by atoms with van der Waals surface area (Å²) in [4.78, 5) is 15.2. The molecule has 1 aliphatic heterocycles. The number of carbonyl (C=O) groups excluding carboxylic acids is 1. The Hall–Kier alpha value is -1.19. The second kappa shape index (κ2) is 5.30. The quantitative estimate of drug-likeness (QED) is 0.742. The maximum Gasteiger partial charge on any atom is 0.259 e. The molecule has 1 aliphatic carbocycles. The Bertz CT molecular complexity index is 648. The molecule has 0 fully saturated rings. The van der Waals surface area contributed by atoms with Crippen LogP contribution in [0, 0.1) is 0 Å². The van der Waals surface area contributed by atoms with Crippen molar-refractivity contribution in [3.05, 3.63) is 46.1 Å². The lowest BCUT2D eigenvalue weighted by molar-refractivity contribution is -0.114. The van der Waals surface area contributed by atoms with Crippen molar-refractivity contribution in [1.29, 1.82) is 0 Å². The van der Waals surface area contributed by atoms with Gasteiger partial charge in [-0.2, -0.15) is 0 Å². The molecule has 2 aliphatic rings. The van der Waals surface area contributed by atoms with Gasteiger partial charge in [-0.3, -0.25) is 9.69 Å². The standard InChI is InChI=1S/C16H16ClNOS/c1-2-14-11-5-3-4-6-12(11)16(19)18(14)10-7-8-13(17)15(20)9-10/h2,7-9,20H,3-6H2,1H3/b14-2+. The molecule has 2 nitrogen and oxygen atoms in total. The fourth-order valence-electron chi connectivity index (χ4n) is 3.00. The molecule has 20 heavy (non-hydrogen) atoms. The van der Waals surface area contributed by atoms with Crippen LogP contribution >= 0.6 is 24.2 Å². The highest BCUT2D eigenvalue weighted by molar-refractivity contribution is 7.80. The van der Waals surface area contributed by atoms with E-state index in [1.54, 1.807) is 11.0 Å². The summed E-state index contributed by atoms with van der Waals surface area (Å²) in [7, 11) is 0. The normalized spacial score (nSPS) is 20.9. The van der Waals surface area contributed by atoms with Gasteiger partial charge in [0.2, 0.25) is 0 Å². The lowest BCUT2D eigenvalue weighted by atomic mass is 9.92. The van der Waals surface area contributed by atoms with E-state index in [-0.39, 0.29) is 5.91 Å². The van der Waals surface area contributed by atoms with E-state index in [1.165, 1.54) is 5.57 Å². The van der Waals surface area contributed by atoms with Crippen LogP contribution in [-0.4, -0.2) is 5.91 Å². The molecule has 4 heteroatoms. The van der Waals surface area contributed by atoms with Gasteiger partial charge in [-0.1, -0.05) is 17.7 Å². The van der Waals surface area contributed by atoms with Gasteiger partial charge < -0.3 is 0 Å². The maximum absolute atomic E-state index is 12.7. The van der Waals surface area contributed by atoms with Crippen LogP contribution in [0.4, 0.5) is 5.69 Å². The maximum atomic E-state index is 12.7. The number of allylic oxidation sites excluding steroid dienone is 2. The minimum atomic E-state index is 0.114. The first kappa shape index (κ1) is 13.8. The van der Waals surface area contributed by atoms with Crippen molar-refractivity contribution in [3.63, 3.8) is 0 Å². The van der Waals surface area contributed by atoms with Crippen molar-refractivity contribution in [2.75, 3.05) is 4.90 Å². The third-order valence-electron chi connectivity index (χ3n) is 3.94. The van der Waals surface area contributed by atoms with Gasteiger partial charge in [-0.05, 0) is 56.4 Å². The van der Waals surface area contributed by atoms with Crippen LogP contribution in [0.5, 0.6) is 0 Å². The van der Waals surface area contributed by atoms with Crippen LogP contribution in [0.2, 0.25) is 5.02 Å². The number of carbonyl (C=O) groups is 1. The summed E-state index contributed by atoms with van der Waals surface area (Å²) in [6, 6.07) is 5.52. The van der Waals surface area contributed by atoms with Crippen molar-refractivity contribution in [2.45, 2.75) is 37.5 Å². The number of benzene rings is 1. The number of nitrogens with zero attached hydrogens (tertiary/aromatic N) is 1. The zero-order valence-corrected chi connectivity index (χ0v) is 13.0. The van der Waals surface area contributed by atoms with Gasteiger partial charge in [0.1, 0.15) is 0 Å². The molecule has 1 aromatic carbocycles. The Morgan fingerprint density at radius 2 is 1.95 bits per heavy atom. The second-order valence-corrected chi connectivity index (χ2v) is 6.00. The molecule has 0 spiro atoms. The smallest absolute Gasteiger partial charge is 0.259 e. The van der Waals surface area contributed by atoms with Crippen LogP contribution in [0.15, 0.2) is 46.0 Å². The van der Waals surface area contributed by atoms with Crippen LogP contribution in [0.1, 0.15) is 32.6 Å². The summed E-state index contributed by atoms with van der Waals surface area (Å²) in [5.74, 6) is 0.114. The summed E-state index contributed by atoms with van der Waals surface area (Å²) in [5, 5.41) is 0.600. The topological polar surface area (TPSA) is 20.3 Å². The highest BCUT2D eigenvalue weighted by atomic mass is 35.5. The summed E-state index contributed by atoms with van der Waals surface area (Å²) in [5.41, 5.74) is 4.08. The molecular formula is C16H16ClNOS. The van der Waals surface area contributed by atoms with E-state index in [0.717, 1.165) is 42.6 Å². The number of anilines is 1. The molecule has 1 amide bonds. The van der Waals surface area contributed by atoms with Crippen LogP contribution < -0.4 is 4.90 Å². The van der Waals surface area contributed by atoms with Gasteiger partial charge in [0.05, 0.1) is 10.7 Å². The van der Waals surface area contributed by atoms with Crippen molar-refractivity contribution in [1.82, 2.24) is 0 Å². The van der Waals surface area contributed by atoms with E-state index < -0.39 is 0 Å². The predicted octanol–water partition coefficient (Wildman–Crippen LogP) is 4.75. The first-order chi connectivity index (χ1) is 9.63. The van der Waals surface area contributed by atoms with E-state index in [2.05, 4.69) is 12.6 Å². The number of hydrogen-bond donors (Lipinski definition) is 1. The lowest BCUT2D eigenvalue weighted by Gasteiger charge is -2.20. The SMILES string of the molecule is C/C=C1\C2=C(CCCC2)C(=O)N1c1ccc(Cl)c(S)c1. The van der Waals surface area contributed by atoms with Crippen LogP contribution in [0.25, 0.3) is 0 Å². The average molecular weight is 306 g/mol. The summed E-state index contributed by atoms with van der Waals surface area (Å²) in [6.45, 7) is 1.98. The van der Waals surface area contributed by atoms with E-state index in [4.69, 9.17) is 11.6 Å². The van der Waals surface area contributed by atoms with Crippen molar-refractivity contribution in [3.8, 4) is 0 Å². The number of amides is 1. The van der Waals surface area contributed by atoms with Gasteiger partial charge in [0.15, 0.2) is 0 Å². The molecule has 0 aromatic heterocycles. The Balaban J connectivity index is 2.06. The van der Waals surface area contributed by atoms with Crippen LogP contribution in [-0.2, 0) is 4.79 Å². The first-order valence-corrected chi connectivity index (χ1v) is 7.67. The van der Waals surface area contributed by atoms with Crippen molar-refractivity contribution < 1.29 is 4.79 Å². The molecule has 1 aromatic rings. The zero-order valence-electron chi connectivity index (χ0n) is 11.3. The molecule has 3 rings (SSSR count). The predicted molar refractivity (Wildman–Crippen MR) is 85.4 cm³/mol. The number of hydrogen-bond acceptors (Lipinski definition) is 2. The number of halogens is 1. The largest absolute Gasteiger partial charge is 0.277 e. The van der Waals surface area contributed by atoms with Gasteiger partial charge in [-0.15, -0.1) is 12.6 Å². The first-order valence-electron chi connectivity index (χ1n) is 6.85. The molecule has 0 unspecified atom stereocenters. The van der Waals surface area contributed by atoms with Gasteiger partial charge >= 0.3 is 0 Å². The highest BCUT2D eigenvalue weighted by Crippen LogP contribution is 2.42. The molecule has 0 bridgehead atoms. The second-order valence-electron chi connectivity index (χ2n) is 5.11. The molecule has 0 atom stereocenters. The third kappa shape index (κ3) is 2.09. The molecule has 1 heterocycles. The number of rotatable bonds is 1. The minimum Gasteiger partial charge on any atom is -0.277 e. The van der Waals surface area contributed by atoms with E-state index in [0.29, 0.717) is 9.92 Å². The molecule has 0 saturated carbocycles. The lowest BCUT2D eigenvalue weighted by Crippen LogP contribution is -2.25. The van der Waals surface area contributed by atoms with Gasteiger partial charge in [0, 0.05) is 16.2 Å². The van der Waals surface area contributed by atoms with Gasteiger partial charge in [0.25, 0.3) is 5.91 Å². The van der Waals surface area contributed by atoms with E-state index in [9.17, 15) is 4.79 Å². The van der Waals surface area contributed by atoms with E-state index in [1.807, 2.05) is 25.1 Å². The Morgan fingerprint density at radius 1 is 1.25 bits per heavy atom. The molecule has 0 N–H and O–H groups in total. The van der Waals surface area contributed by atoms with E-state index >= 15 is 0 Å². The fraction of sp³-hybridized carbons (Fsp3) is 0.312. The monoisotopic (exact) mass is 305 g/mol. The molecular weight excluding hydrogens is 290 g/mol. The summed E-state index contributed by atoms with van der Waals surface area (Å²) < 4.78 is 0.